The van der Waals surface area contributed by atoms with Crippen LogP contribution in [0.4, 0.5) is 10.5 Å². The van der Waals surface area contributed by atoms with E-state index in [2.05, 4.69) is 20.7 Å². The van der Waals surface area contributed by atoms with Gasteiger partial charge in [-0.2, -0.15) is 5.10 Å². The second-order valence-electron chi connectivity index (χ2n) is 5.40. The number of carbonyl (C=O) groups excluding carboxylic acids is 1. The molecule has 118 valence electrons. The zero-order valence-corrected chi connectivity index (χ0v) is 13.0. The van der Waals surface area contributed by atoms with Crippen LogP contribution in [0.3, 0.4) is 0 Å². The second-order valence-corrected chi connectivity index (χ2v) is 5.40. The maximum absolute atomic E-state index is 11.8. The minimum absolute atomic E-state index is 0.188. The Morgan fingerprint density at radius 2 is 2.09 bits per heavy atom. The molecule has 0 radical (unpaired) electrons. The summed E-state index contributed by atoms with van der Waals surface area (Å²) in [6.45, 7) is 2.55. The lowest BCUT2D eigenvalue weighted by Crippen LogP contribution is -2.29. The van der Waals surface area contributed by atoms with Crippen LogP contribution in [-0.4, -0.2) is 27.2 Å². The van der Waals surface area contributed by atoms with Gasteiger partial charge in [-0.3, -0.25) is 0 Å². The highest BCUT2D eigenvalue weighted by Gasteiger charge is 2.03. The van der Waals surface area contributed by atoms with Crippen molar-refractivity contribution in [2.45, 2.75) is 19.8 Å². The third-order valence-corrected chi connectivity index (χ3v) is 3.45. The topological polar surface area (TPSA) is 71.3 Å². The van der Waals surface area contributed by atoms with E-state index in [1.165, 1.54) is 0 Å². The molecule has 0 bridgehead atoms. The van der Waals surface area contributed by atoms with Crippen molar-refractivity contribution in [1.82, 2.24) is 19.9 Å². The van der Waals surface area contributed by atoms with E-state index in [9.17, 15) is 4.79 Å². The van der Waals surface area contributed by atoms with Gasteiger partial charge in [0.15, 0.2) is 5.65 Å². The largest absolute Gasteiger partial charge is 0.338 e. The zero-order valence-electron chi connectivity index (χ0n) is 13.0. The molecule has 2 heterocycles. The highest BCUT2D eigenvalue weighted by atomic mass is 16.2. The molecule has 6 nitrogen and oxygen atoms in total. The van der Waals surface area contributed by atoms with Gasteiger partial charge in [0.1, 0.15) is 0 Å². The number of amides is 2. The molecule has 3 rings (SSSR count). The maximum atomic E-state index is 11.8. The van der Waals surface area contributed by atoms with E-state index >= 15 is 0 Å². The number of benzene rings is 1. The molecule has 0 spiro atoms. The molecule has 0 aliphatic rings. The fraction of sp³-hybridized carbons (Fsp3) is 0.235. The van der Waals surface area contributed by atoms with Crippen LogP contribution in [0, 0.1) is 6.92 Å². The van der Waals surface area contributed by atoms with Gasteiger partial charge in [0.05, 0.1) is 5.69 Å². The molecule has 0 fully saturated rings. The quantitative estimate of drug-likeness (QED) is 0.712. The van der Waals surface area contributed by atoms with Crippen LogP contribution in [0.5, 0.6) is 0 Å². The Morgan fingerprint density at radius 3 is 2.91 bits per heavy atom. The summed E-state index contributed by atoms with van der Waals surface area (Å²) >= 11 is 0. The van der Waals surface area contributed by atoms with Crippen LogP contribution < -0.4 is 10.6 Å². The molecule has 1 aromatic carbocycles. The molecule has 2 aromatic heterocycles. The van der Waals surface area contributed by atoms with E-state index in [4.69, 9.17) is 0 Å². The second kappa shape index (κ2) is 6.91. The van der Waals surface area contributed by atoms with Crippen LogP contribution in [0.2, 0.25) is 0 Å². The van der Waals surface area contributed by atoms with Gasteiger partial charge in [-0.25, -0.2) is 14.3 Å². The summed E-state index contributed by atoms with van der Waals surface area (Å²) < 4.78 is 1.79. The molecule has 0 aliphatic carbocycles. The van der Waals surface area contributed by atoms with Crippen molar-refractivity contribution in [1.29, 1.82) is 0 Å². The first-order valence-electron chi connectivity index (χ1n) is 7.61. The number of rotatable bonds is 5. The number of urea groups is 1. The Labute approximate surface area is 134 Å². The van der Waals surface area contributed by atoms with Gasteiger partial charge in [-0.05, 0) is 37.5 Å². The van der Waals surface area contributed by atoms with Crippen molar-refractivity contribution in [2.24, 2.45) is 0 Å². The third-order valence-electron chi connectivity index (χ3n) is 3.45. The molecule has 2 amide bonds. The maximum Gasteiger partial charge on any atom is 0.319 e. The SMILES string of the molecule is Cc1cc2ncc(CCCNC(=O)Nc3ccccc3)cn2n1. The van der Waals surface area contributed by atoms with Gasteiger partial charge in [-0.15, -0.1) is 0 Å². The van der Waals surface area contributed by atoms with E-state index in [-0.39, 0.29) is 6.03 Å². The fourth-order valence-electron chi connectivity index (χ4n) is 2.35. The molecule has 0 aliphatic heterocycles. The van der Waals surface area contributed by atoms with E-state index in [1.807, 2.05) is 55.7 Å². The first-order chi connectivity index (χ1) is 11.2. The highest BCUT2D eigenvalue weighted by Crippen LogP contribution is 2.07. The summed E-state index contributed by atoms with van der Waals surface area (Å²) in [6, 6.07) is 11.1. The van der Waals surface area contributed by atoms with Gasteiger partial charge in [-0.1, -0.05) is 18.2 Å². The van der Waals surface area contributed by atoms with Crippen LogP contribution in [-0.2, 0) is 6.42 Å². The highest BCUT2D eigenvalue weighted by molar-refractivity contribution is 5.89. The Kier molecular flexibility index (Phi) is 4.52. The lowest BCUT2D eigenvalue weighted by Gasteiger charge is -2.07. The van der Waals surface area contributed by atoms with Crippen molar-refractivity contribution in [2.75, 3.05) is 11.9 Å². The molecule has 3 aromatic rings. The Hall–Kier alpha value is -2.89. The molecule has 0 saturated carbocycles. The van der Waals surface area contributed by atoms with Crippen molar-refractivity contribution in [3.05, 3.63) is 60.0 Å². The summed E-state index contributed by atoms with van der Waals surface area (Å²) in [5.41, 5.74) is 3.69. The van der Waals surface area contributed by atoms with Crippen LogP contribution >= 0.6 is 0 Å². The predicted octanol–water partition coefficient (Wildman–Crippen LogP) is 2.79. The fourth-order valence-corrected chi connectivity index (χ4v) is 2.35. The molecule has 6 heteroatoms. The van der Waals surface area contributed by atoms with Crippen LogP contribution in [0.15, 0.2) is 48.8 Å². The number of nitrogens with zero attached hydrogens (tertiary/aromatic N) is 3. The van der Waals surface area contributed by atoms with Gasteiger partial charge in [0.25, 0.3) is 0 Å². The number of aromatic nitrogens is 3. The van der Waals surface area contributed by atoms with Crippen LogP contribution in [0.25, 0.3) is 5.65 Å². The number of fused-ring (bicyclic) bond motifs is 1. The molecule has 0 atom stereocenters. The first-order valence-corrected chi connectivity index (χ1v) is 7.61. The first kappa shape index (κ1) is 15.0. The molecule has 2 N–H and O–H groups in total. The molecular formula is C17H19N5O. The van der Waals surface area contributed by atoms with Gasteiger partial charge >= 0.3 is 6.03 Å². The summed E-state index contributed by atoms with van der Waals surface area (Å²) in [5.74, 6) is 0. The average molecular weight is 309 g/mol. The van der Waals surface area contributed by atoms with E-state index in [0.717, 1.165) is 35.4 Å². The van der Waals surface area contributed by atoms with Crippen molar-refractivity contribution in [3.8, 4) is 0 Å². The summed E-state index contributed by atoms with van der Waals surface area (Å²) in [7, 11) is 0. The van der Waals surface area contributed by atoms with Gasteiger partial charge in [0, 0.05) is 30.7 Å². The smallest absolute Gasteiger partial charge is 0.319 e. The average Bonchev–Trinajstić information content (AvgIpc) is 2.92. The minimum Gasteiger partial charge on any atom is -0.338 e. The van der Waals surface area contributed by atoms with E-state index in [1.54, 1.807) is 4.52 Å². The number of para-hydroxylation sites is 1. The lowest BCUT2D eigenvalue weighted by atomic mass is 10.2. The van der Waals surface area contributed by atoms with Crippen molar-refractivity contribution >= 4 is 17.4 Å². The number of hydrogen-bond acceptors (Lipinski definition) is 3. The summed E-state index contributed by atoms with van der Waals surface area (Å²) in [6.07, 6.45) is 5.53. The van der Waals surface area contributed by atoms with Crippen molar-refractivity contribution < 1.29 is 4.79 Å². The Bertz CT molecular complexity index is 797. The Balaban J connectivity index is 1.44. The summed E-state index contributed by atoms with van der Waals surface area (Å²) in [5, 5.41) is 9.99. The molecule has 23 heavy (non-hydrogen) atoms. The monoisotopic (exact) mass is 309 g/mol. The number of aryl methyl sites for hydroxylation is 2. The molecule has 0 saturated heterocycles. The zero-order chi connectivity index (χ0) is 16.1. The standard InChI is InChI=1S/C17H19N5O/c1-13-10-16-19-11-14(12-22(16)21-13)6-5-9-18-17(23)20-15-7-3-2-4-8-15/h2-4,7-8,10-12H,5-6,9H2,1H3,(H2,18,20,23). The van der Waals surface area contributed by atoms with Crippen molar-refractivity contribution in [3.63, 3.8) is 0 Å². The summed E-state index contributed by atoms with van der Waals surface area (Å²) in [4.78, 5) is 16.1. The number of hydrogen-bond donors (Lipinski definition) is 2. The number of anilines is 1. The van der Waals surface area contributed by atoms with E-state index in [0.29, 0.717) is 6.54 Å². The molecular weight excluding hydrogens is 290 g/mol. The van der Waals surface area contributed by atoms with Crippen LogP contribution in [0.1, 0.15) is 17.7 Å². The lowest BCUT2D eigenvalue weighted by molar-refractivity contribution is 0.252. The Morgan fingerprint density at radius 1 is 1.26 bits per heavy atom. The van der Waals surface area contributed by atoms with Gasteiger partial charge in [0.2, 0.25) is 0 Å². The predicted molar refractivity (Wildman–Crippen MR) is 89.5 cm³/mol. The number of nitrogens with one attached hydrogen (secondary N) is 2. The minimum atomic E-state index is -0.188. The van der Waals surface area contributed by atoms with Gasteiger partial charge < -0.3 is 10.6 Å². The van der Waals surface area contributed by atoms with E-state index < -0.39 is 0 Å². The normalized spacial score (nSPS) is 10.7. The number of carbonyl (C=O) groups is 1. The third kappa shape index (κ3) is 4.06. The molecule has 0 unspecified atom stereocenters.